The van der Waals surface area contributed by atoms with Crippen molar-refractivity contribution in [3.8, 4) is 5.69 Å². The number of rotatable bonds is 2. The molecule has 18 heavy (non-hydrogen) atoms. The van der Waals surface area contributed by atoms with Crippen LogP contribution in [0.15, 0.2) is 23.6 Å². The minimum Gasteiger partial charge on any atom is -0.235 e. The number of aromatic nitrogens is 4. The molecule has 0 saturated heterocycles. The van der Waals surface area contributed by atoms with Crippen LogP contribution < -0.4 is 0 Å². The summed E-state index contributed by atoms with van der Waals surface area (Å²) in [6, 6.07) is 2.11. The minimum absolute atomic E-state index is 0.0517. The molecular weight excluding hydrogens is 244 g/mol. The molecule has 0 atom stereocenters. The van der Waals surface area contributed by atoms with Crippen LogP contribution in [0.2, 0.25) is 0 Å². The summed E-state index contributed by atoms with van der Waals surface area (Å²) in [6.45, 7) is 8.52. The van der Waals surface area contributed by atoms with Gasteiger partial charge in [-0.1, -0.05) is 32.5 Å². The highest BCUT2D eigenvalue weighted by atomic mass is 32.2. The molecule has 2 heterocycles. The van der Waals surface area contributed by atoms with E-state index in [1.165, 1.54) is 11.8 Å². The predicted molar refractivity (Wildman–Crippen MR) is 74.4 cm³/mol. The fourth-order valence-electron chi connectivity index (χ4n) is 1.63. The van der Waals surface area contributed by atoms with Gasteiger partial charge in [0.1, 0.15) is 5.69 Å². The van der Waals surface area contributed by atoms with E-state index in [0.29, 0.717) is 0 Å². The monoisotopic (exact) mass is 262 g/mol. The molecule has 0 aliphatic carbocycles. The Morgan fingerprint density at radius 1 is 1.17 bits per heavy atom. The molecule has 0 bridgehead atoms. The first-order valence-electron chi connectivity index (χ1n) is 5.85. The number of hydrogen-bond donors (Lipinski definition) is 0. The fourth-order valence-corrected chi connectivity index (χ4v) is 1.94. The van der Waals surface area contributed by atoms with Gasteiger partial charge in [-0.15, -0.1) is 0 Å². The van der Waals surface area contributed by atoms with Crippen LogP contribution in [-0.2, 0) is 5.41 Å². The molecule has 2 aromatic rings. The van der Waals surface area contributed by atoms with E-state index < -0.39 is 0 Å². The highest BCUT2D eigenvalue weighted by Crippen LogP contribution is 2.23. The summed E-state index contributed by atoms with van der Waals surface area (Å²) in [5.41, 5.74) is 3.13. The molecule has 0 spiro atoms. The standard InChI is InChI=1S/C13H18N4S/c1-9-6-11(13(2,3)4)16-17(9)10-7-14-12(18-5)15-8-10/h6-8H,1-5H3. The van der Waals surface area contributed by atoms with Gasteiger partial charge in [-0.05, 0) is 19.2 Å². The van der Waals surface area contributed by atoms with Crippen molar-refractivity contribution in [1.29, 1.82) is 0 Å². The Labute approximate surface area is 112 Å². The largest absolute Gasteiger partial charge is 0.235 e. The summed E-state index contributed by atoms with van der Waals surface area (Å²) in [6.07, 6.45) is 5.59. The third kappa shape index (κ3) is 2.56. The maximum atomic E-state index is 4.64. The Hall–Kier alpha value is -1.36. The average Bonchev–Trinajstić information content (AvgIpc) is 2.71. The Balaban J connectivity index is 2.41. The van der Waals surface area contributed by atoms with Gasteiger partial charge >= 0.3 is 0 Å². The average molecular weight is 262 g/mol. The van der Waals surface area contributed by atoms with E-state index in [0.717, 1.165) is 22.2 Å². The van der Waals surface area contributed by atoms with Crippen LogP contribution in [0.5, 0.6) is 0 Å². The maximum Gasteiger partial charge on any atom is 0.187 e. The highest BCUT2D eigenvalue weighted by molar-refractivity contribution is 7.98. The third-order valence-electron chi connectivity index (χ3n) is 2.70. The molecule has 0 unspecified atom stereocenters. The predicted octanol–water partition coefficient (Wildman–Crippen LogP) is 2.99. The van der Waals surface area contributed by atoms with Crippen LogP contribution in [0.4, 0.5) is 0 Å². The van der Waals surface area contributed by atoms with Crippen LogP contribution in [0.25, 0.3) is 5.69 Å². The topological polar surface area (TPSA) is 43.6 Å². The smallest absolute Gasteiger partial charge is 0.187 e. The molecule has 0 N–H and O–H groups in total. The zero-order valence-electron chi connectivity index (χ0n) is 11.4. The number of nitrogens with zero attached hydrogens (tertiary/aromatic N) is 4. The highest BCUT2D eigenvalue weighted by Gasteiger charge is 2.19. The third-order valence-corrected chi connectivity index (χ3v) is 3.27. The van der Waals surface area contributed by atoms with Crippen molar-refractivity contribution in [1.82, 2.24) is 19.7 Å². The van der Waals surface area contributed by atoms with Gasteiger partial charge in [0, 0.05) is 11.1 Å². The molecule has 96 valence electrons. The van der Waals surface area contributed by atoms with E-state index in [1.807, 2.05) is 30.3 Å². The molecule has 2 rings (SSSR count). The zero-order chi connectivity index (χ0) is 13.3. The quantitative estimate of drug-likeness (QED) is 0.616. The summed E-state index contributed by atoms with van der Waals surface area (Å²) < 4.78 is 1.89. The second-order valence-electron chi connectivity index (χ2n) is 5.26. The molecule has 0 fully saturated rings. The summed E-state index contributed by atoms with van der Waals surface area (Å²) in [5.74, 6) is 0. The summed E-state index contributed by atoms with van der Waals surface area (Å²) >= 11 is 1.53. The van der Waals surface area contributed by atoms with Crippen molar-refractivity contribution in [3.63, 3.8) is 0 Å². The first-order chi connectivity index (χ1) is 8.41. The van der Waals surface area contributed by atoms with Crippen molar-refractivity contribution < 1.29 is 0 Å². The summed E-state index contributed by atoms with van der Waals surface area (Å²) in [5, 5.41) is 5.41. The molecule has 4 nitrogen and oxygen atoms in total. The van der Waals surface area contributed by atoms with E-state index >= 15 is 0 Å². The van der Waals surface area contributed by atoms with E-state index in [2.05, 4.69) is 41.9 Å². The molecule has 0 aliphatic rings. The van der Waals surface area contributed by atoms with Gasteiger partial charge in [-0.3, -0.25) is 0 Å². The molecule has 0 aromatic carbocycles. The van der Waals surface area contributed by atoms with E-state index in [4.69, 9.17) is 0 Å². The van der Waals surface area contributed by atoms with Crippen molar-refractivity contribution >= 4 is 11.8 Å². The Morgan fingerprint density at radius 2 is 1.78 bits per heavy atom. The van der Waals surface area contributed by atoms with Crippen molar-refractivity contribution in [2.24, 2.45) is 0 Å². The lowest BCUT2D eigenvalue weighted by atomic mass is 9.92. The Morgan fingerprint density at radius 3 is 2.22 bits per heavy atom. The molecular formula is C13H18N4S. The normalized spacial score (nSPS) is 11.8. The Bertz CT molecular complexity index is 537. The van der Waals surface area contributed by atoms with Crippen molar-refractivity contribution in [3.05, 3.63) is 29.8 Å². The molecule has 0 amide bonds. The SMILES string of the molecule is CSc1ncc(-n2nc(C(C)(C)C)cc2C)cn1. The van der Waals surface area contributed by atoms with Crippen LogP contribution in [0, 0.1) is 6.92 Å². The zero-order valence-corrected chi connectivity index (χ0v) is 12.2. The van der Waals surface area contributed by atoms with E-state index in [1.54, 1.807) is 0 Å². The van der Waals surface area contributed by atoms with Crippen LogP contribution in [0.1, 0.15) is 32.2 Å². The molecule has 0 radical (unpaired) electrons. The van der Waals surface area contributed by atoms with Crippen molar-refractivity contribution in [2.45, 2.75) is 38.3 Å². The lowest BCUT2D eigenvalue weighted by molar-refractivity contribution is 0.559. The van der Waals surface area contributed by atoms with Crippen molar-refractivity contribution in [2.75, 3.05) is 6.26 Å². The maximum absolute atomic E-state index is 4.64. The van der Waals surface area contributed by atoms with Crippen LogP contribution in [0.3, 0.4) is 0 Å². The first kappa shape index (κ1) is 13.1. The fraction of sp³-hybridized carbons (Fsp3) is 0.462. The van der Waals surface area contributed by atoms with Crippen LogP contribution >= 0.6 is 11.8 Å². The molecule has 0 saturated carbocycles. The minimum atomic E-state index is 0.0517. The molecule has 2 aromatic heterocycles. The summed E-state index contributed by atoms with van der Waals surface area (Å²) in [7, 11) is 0. The van der Waals surface area contributed by atoms with Gasteiger partial charge in [0.25, 0.3) is 0 Å². The number of hydrogen-bond acceptors (Lipinski definition) is 4. The van der Waals surface area contributed by atoms with Gasteiger partial charge in [0.2, 0.25) is 0 Å². The van der Waals surface area contributed by atoms with E-state index in [-0.39, 0.29) is 5.41 Å². The Kier molecular flexibility index (Phi) is 3.43. The van der Waals surface area contributed by atoms with E-state index in [9.17, 15) is 0 Å². The van der Waals surface area contributed by atoms with Gasteiger partial charge in [0.15, 0.2) is 5.16 Å². The second-order valence-corrected chi connectivity index (χ2v) is 6.03. The first-order valence-corrected chi connectivity index (χ1v) is 7.08. The number of aryl methyl sites for hydroxylation is 1. The van der Waals surface area contributed by atoms with Gasteiger partial charge in [-0.2, -0.15) is 5.10 Å². The van der Waals surface area contributed by atoms with Gasteiger partial charge in [0.05, 0.1) is 18.1 Å². The van der Waals surface area contributed by atoms with Gasteiger partial charge < -0.3 is 0 Å². The van der Waals surface area contributed by atoms with Crippen LogP contribution in [-0.4, -0.2) is 26.0 Å². The lowest BCUT2D eigenvalue weighted by Crippen LogP contribution is -2.12. The second kappa shape index (κ2) is 4.72. The lowest BCUT2D eigenvalue weighted by Gasteiger charge is -2.14. The molecule has 0 aliphatic heterocycles. The molecule has 5 heteroatoms. The number of thioether (sulfide) groups is 1. The summed E-state index contributed by atoms with van der Waals surface area (Å²) in [4.78, 5) is 8.55. The van der Waals surface area contributed by atoms with Gasteiger partial charge in [-0.25, -0.2) is 14.6 Å².